The predicted molar refractivity (Wildman–Crippen MR) is 108 cm³/mol. The van der Waals surface area contributed by atoms with Gasteiger partial charge in [-0.05, 0) is 49.7 Å². The summed E-state index contributed by atoms with van der Waals surface area (Å²) in [4.78, 5) is 22.1. The van der Waals surface area contributed by atoms with Crippen LogP contribution in [0.4, 0.5) is 0 Å². The molecule has 0 spiro atoms. The first-order valence-corrected chi connectivity index (χ1v) is 9.42. The highest BCUT2D eigenvalue weighted by molar-refractivity contribution is 6.42. The van der Waals surface area contributed by atoms with Crippen molar-refractivity contribution >= 4 is 34.1 Å². The van der Waals surface area contributed by atoms with Crippen LogP contribution >= 0.6 is 23.2 Å². The maximum absolute atomic E-state index is 12.3. The van der Waals surface area contributed by atoms with Gasteiger partial charge in [0, 0.05) is 6.04 Å². The highest BCUT2D eigenvalue weighted by Gasteiger charge is 2.18. The van der Waals surface area contributed by atoms with E-state index in [-0.39, 0.29) is 11.6 Å². The van der Waals surface area contributed by atoms with Crippen LogP contribution in [-0.4, -0.2) is 21.4 Å². The summed E-state index contributed by atoms with van der Waals surface area (Å²) in [6.07, 6.45) is 0.990. The Morgan fingerprint density at radius 1 is 1.15 bits per heavy atom. The molecule has 4 nitrogen and oxygen atoms in total. The van der Waals surface area contributed by atoms with Gasteiger partial charge in [-0.3, -0.25) is 9.69 Å². The number of benzene rings is 2. The average Bonchev–Trinajstić information content (AvgIpc) is 2.63. The highest BCUT2D eigenvalue weighted by atomic mass is 35.5. The highest BCUT2D eigenvalue weighted by Crippen LogP contribution is 2.29. The third-order valence-corrected chi connectivity index (χ3v) is 5.24. The number of nitrogens with one attached hydrogen (secondary N) is 1. The monoisotopic (exact) mass is 389 g/mol. The molecule has 0 radical (unpaired) electrons. The van der Waals surface area contributed by atoms with E-state index < -0.39 is 0 Å². The van der Waals surface area contributed by atoms with Crippen molar-refractivity contribution in [2.45, 2.75) is 32.9 Å². The second kappa shape index (κ2) is 8.21. The molecule has 3 rings (SSSR count). The number of rotatable bonds is 6. The van der Waals surface area contributed by atoms with E-state index in [2.05, 4.69) is 28.7 Å². The van der Waals surface area contributed by atoms with Gasteiger partial charge in [0.15, 0.2) is 0 Å². The Morgan fingerprint density at radius 3 is 2.65 bits per heavy atom. The molecular weight excluding hydrogens is 369 g/mol. The minimum atomic E-state index is -0.107. The number of para-hydroxylation sites is 1. The quantitative estimate of drug-likeness (QED) is 0.629. The van der Waals surface area contributed by atoms with Crippen LogP contribution in [0.2, 0.25) is 10.0 Å². The Bertz CT molecular complexity index is 971. The summed E-state index contributed by atoms with van der Waals surface area (Å²) in [7, 11) is 0. The summed E-state index contributed by atoms with van der Waals surface area (Å²) in [6, 6.07) is 13.2. The Hall–Kier alpha value is -1.88. The van der Waals surface area contributed by atoms with Crippen molar-refractivity contribution in [3.8, 4) is 0 Å². The van der Waals surface area contributed by atoms with Crippen LogP contribution < -0.4 is 5.56 Å². The standard InChI is InChI=1S/C20H21Cl2N3O/c1-3-10-25(13(2)14-8-9-16(21)17(22)11-14)12-19-23-18-7-5-4-6-15(18)20(26)24-19/h4-9,11,13H,3,10,12H2,1-2H3,(H,23,24,26). The van der Waals surface area contributed by atoms with E-state index >= 15 is 0 Å². The van der Waals surface area contributed by atoms with E-state index in [0.717, 1.165) is 18.5 Å². The average molecular weight is 390 g/mol. The predicted octanol–water partition coefficient (Wildman–Crippen LogP) is 5.20. The van der Waals surface area contributed by atoms with Crippen LogP contribution in [0.15, 0.2) is 47.3 Å². The minimum Gasteiger partial charge on any atom is -0.309 e. The number of halogens is 2. The summed E-state index contributed by atoms with van der Waals surface area (Å²) in [5.74, 6) is 0.661. The number of hydrogen-bond acceptors (Lipinski definition) is 3. The van der Waals surface area contributed by atoms with Gasteiger partial charge < -0.3 is 4.98 Å². The largest absolute Gasteiger partial charge is 0.309 e. The first-order valence-electron chi connectivity index (χ1n) is 8.66. The molecule has 0 aliphatic carbocycles. The molecule has 1 aromatic heterocycles. The SMILES string of the molecule is CCCN(Cc1nc2ccccc2c(=O)[nH]1)C(C)c1ccc(Cl)c(Cl)c1. The Morgan fingerprint density at radius 2 is 1.92 bits per heavy atom. The molecule has 26 heavy (non-hydrogen) atoms. The smallest absolute Gasteiger partial charge is 0.258 e. The third kappa shape index (κ3) is 4.09. The zero-order valence-electron chi connectivity index (χ0n) is 14.8. The van der Waals surface area contributed by atoms with Gasteiger partial charge in [-0.25, -0.2) is 4.98 Å². The molecule has 6 heteroatoms. The lowest BCUT2D eigenvalue weighted by molar-refractivity contribution is 0.197. The van der Waals surface area contributed by atoms with Crippen molar-refractivity contribution in [1.82, 2.24) is 14.9 Å². The maximum atomic E-state index is 12.3. The minimum absolute atomic E-state index is 0.107. The van der Waals surface area contributed by atoms with Crippen molar-refractivity contribution in [3.05, 3.63) is 74.3 Å². The molecule has 0 amide bonds. The molecule has 0 aliphatic heterocycles. The van der Waals surface area contributed by atoms with Crippen molar-refractivity contribution in [2.24, 2.45) is 0 Å². The number of nitrogens with zero attached hydrogens (tertiary/aromatic N) is 2. The van der Waals surface area contributed by atoms with Crippen molar-refractivity contribution in [2.75, 3.05) is 6.54 Å². The molecule has 2 aromatic carbocycles. The van der Waals surface area contributed by atoms with Crippen LogP contribution in [0.5, 0.6) is 0 Å². The molecule has 3 aromatic rings. The first-order chi connectivity index (χ1) is 12.5. The van der Waals surface area contributed by atoms with Gasteiger partial charge in [0.25, 0.3) is 5.56 Å². The zero-order chi connectivity index (χ0) is 18.7. The molecule has 1 unspecified atom stereocenters. The van der Waals surface area contributed by atoms with Crippen LogP contribution in [0.3, 0.4) is 0 Å². The summed E-state index contributed by atoms with van der Waals surface area (Å²) < 4.78 is 0. The molecule has 0 saturated carbocycles. The van der Waals surface area contributed by atoms with E-state index in [4.69, 9.17) is 23.2 Å². The molecule has 1 N–H and O–H groups in total. The molecular formula is C20H21Cl2N3O. The van der Waals surface area contributed by atoms with E-state index in [0.29, 0.717) is 33.3 Å². The molecule has 0 fully saturated rings. The summed E-state index contributed by atoms with van der Waals surface area (Å²) >= 11 is 12.2. The Kier molecular flexibility index (Phi) is 5.97. The van der Waals surface area contributed by atoms with Crippen molar-refractivity contribution in [3.63, 3.8) is 0 Å². The number of aromatic amines is 1. The number of aromatic nitrogens is 2. The fraction of sp³-hybridized carbons (Fsp3) is 0.300. The van der Waals surface area contributed by atoms with Gasteiger partial charge >= 0.3 is 0 Å². The van der Waals surface area contributed by atoms with E-state index in [1.165, 1.54) is 0 Å². The van der Waals surface area contributed by atoms with Gasteiger partial charge in [0.05, 0.1) is 27.5 Å². The second-order valence-corrected chi connectivity index (χ2v) is 7.16. The van der Waals surface area contributed by atoms with Gasteiger partial charge in [-0.2, -0.15) is 0 Å². The van der Waals surface area contributed by atoms with Crippen LogP contribution in [0.25, 0.3) is 10.9 Å². The van der Waals surface area contributed by atoms with E-state index in [1.807, 2.05) is 36.4 Å². The number of fused-ring (bicyclic) bond motifs is 1. The first kappa shape index (κ1) is 18.9. The topological polar surface area (TPSA) is 49.0 Å². The fourth-order valence-corrected chi connectivity index (χ4v) is 3.39. The third-order valence-electron chi connectivity index (χ3n) is 4.50. The summed E-state index contributed by atoms with van der Waals surface area (Å²) in [5, 5.41) is 1.70. The van der Waals surface area contributed by atoms with Crippen LogP contribution in [-0.2, 0) is 6.54 Å². The van der Waals surface area contributed by atoms with Gasteiger partial charge in [-0.1, -0.05) is 48.3 Å². The molecule has 136 valence electrons. The molecule has 1 heterocycles. The Labute approximate surface area is 162 Å². The van der Waals surface area contributed by atoms with Crippen molar-refractivity contribution < 1.29 is 0 Å². The van der Waals surface area contributed by atoms with E-state index in [1.54, 1.807) is 6.07 Å². The van der Waals surface area contributed by atoms with Gasteiger partial charge in [0.1, 0.15) is 5.82 Å². The molecule has 0 bridgehead atoms. The lowest BCUT2D eigenvalue weighted by Crippen LogP contribution is -2.29. The van der Waals surface area contributed by atoms with Crippen LogP contribution in [0, 0.1) is 0 Å². The second-order valence-electron chi connectivity index (χ2n) is 6.35. The van der Waals surface area contributed by atoms with E-state index in [9.17, 15) is 4.79 Å². The normalized spacial score (nSPS) is 12.7. The van der Waals surface area contributed by atoms with Gasteiger partial charge in [0.2, 0.25) is 0 Å². The Balaban J connectivity index is 1.90. The van der Waals surface area contributed by atoms with Crippen molar-refractivity contribution in [1.29, 1.82) is 0 Å². The lowest BCUT2D eigenvalue weighted by Gasteiger charge is -2.29. The fourth-order valence-electron chi connectivity index (χ4n) is 3.08. The number of H-pyrrole nitrogens is 1. The van der Waals surface area contributed by atoms with Crippen LogP contribution in [0.1, 0.15) is 37.7 Å². The molecule has 0 saturated heterocycles. The van der Waals surface area contributed by atoms with Gasteiger partial charge in [-0.15, -0.1) is 0 Å². The summed E-state index contributed by atoms with van der Waals surface area (Å²) in [5.41, 5.74) is 1.69. The summed E-state index contributed by atoms with van der Waals surface area (Å²) in [6.45, 7) is 5.67. The lowest BCUT2D eigenvalue weighted by atomic mass is 10.1. The molecule has 0 aliphatic rings. The zero-order valence-corrected chi connectivity index (χ0v) is 16.3. The molecule has 1 atom stereocenters. The number of hydrogen-bond donors (Lipinski definition) is 1. The maximum Gasteiger partial charge on any atom is 0.258 e.